The molecule has 0 saturated heterocycles. The molecule has 1 atom stereocenters. The molecule has 8 heteroatoms. The summed E-state index contributed by atoms with van der Waals surface area (Å²) >= 11 is 1.46. The minimum Gasteiger partial charge on any atom is -0.459 e. The monoisotopic (exact) mass is 445 g/mol. The molecule has 2 aromatic rings. The molecule has 0 bridgehead atoms. The third-order valence-corrected chi connectivity index (χ3v) is 6.41. The molecule has 3 amide bonds. The van der Waals surface area contributed by atoms with Gasteiger partial charge in [0.25, 0.3) is 5.91 Å². The van der Waals surface area contributed by atoms with Crippen LogP contribution in [0.25, 0.3) is 0 Å². The Kier molecular flexibility index (Phi) is 8.28. The molecule has 1 aliphatic carbocycles. The fourth-order valence-corrected chi connectivity index (χ4v) is 4.60. The molecule has 2 heterocycles. The molecular weight excluding hydrogens is 414 g/mol. The summed E-state index contributed by atoms with van der Waals surface area (Å²) in [4.78, 5) is 41.2. The Balaban J connectivity index is 1.76. The summed E-state index contributed by atoms with van der Waals surface area (Å²) in [6.07, 6.45) is 6.35. The second-order valence-corrected chi connectivity index (χ2v) is 9.32. The molecule has 1 aliphatic rings. The van der Waals surface area contributed by atoms with E-state index in [9.17, 15) is 14.4 Å². The van der Waals surface area contributed by atoms with Gasteiger partial charge in [-0.3, -0.25) is 14.4 Å². The maximum Gasteiger partial charge on any atom is 0.287 e. The highest BCUT2D eigenvalue weighted by Gasteiger charge is 2.33. The molecule has 0 radical (unpaired) electrons. The zero-order chi connectivity index (χ0) is 22.2. The molecule has 0 aromatic carbocycles. The third kappa shape index (κ3) is 6.43. The number of thiophene rings is 1. The summed E-state index contributed by atoms with van der Waals surface area (Å²) in [5.41, 5.74) is 0. The highest BCUT2D eigenvalue weighted by Crippen LogP contribution is 2.28. The predicted molar refractivity (Wildman–Crippen MR) is 120 cm³/mol. The van der Waals surface area contributed by atoms with Crippen molar-refractivity contribution in [3.63, 3.8) is 0 Å². The number of hydrogen-bond donors (Lipinski definition) is 2. The van der Waals surface area contributed by atoms with Gasteiger partial charge in [-0.1, -0.05) is 32.8 Å². The van der Waals surface area contributed by atoms with Crippen molar-refractivity contribution in [1.29, 1.82) is 0 Å². The maximum absolute atomic E-state index is 13.3. The van der Waals surface area contributed by atoms with Gasteiger partial charge in [0.1, 0.15) is 6.04 Å². The van der Waals surface area contributed by atoms with Gasteiger partial charge in [0.2, 0.25) is 11.8 Å². The second-order valence-electron chi connectivity index (χ2n) is 8.34. The van der Waals surface area contributed by atoms with Gasteiger partial charge in [-0.25, -0.2) is 0 Å². The van der Waals surface area contributed by atoms with Gasteiger partial charge in [0.15, 0.2) is 5.76 Å². The van der Waals surface area contributed by atoms with E-state index < -0.39 is 11.9 Å². The van der Waals surface area contributed by atoms with Crippen molar-refractivity contribution in [3.8, 4) is 0 Å². The highest BCUT2D eigenvalue weighted by atomic mass is 32.1. The summed E-state index contributed by atoms with van der Waals surface area (Å²) in [5.74, 6) is -0.375. The van der Waals surface area contributed by atoms with E-state index in [-0.39, 0.29) is 30.2 Å². The van der Waals surface area contributed by atoms with Crippen LogP contribution in [0.2, 0.25) is 0 Å². The third-order valence-electron chi connectivity index (χ3n) is 5.49. The smallest absolute Gasteiger partial charge is 0.287 e. The van der Waals surface area contributed by atoms with Crippen LogP contribution in [0.15, 0.2) is 40.3 Å². The van der Waals surface area contributed by atoms with Gasteiger partial charge in [0.05, 0.1) is 12.8 Å². The number of furan rings is 1. The summed E-state index contributed by atoms with van der Waals surface area (Å²) in [5, 5.41) is 7.67. The van der Waals surface area contributed by atoms with Crippen LogP contribution < -0.4 is 10.6 Å². The average Bonchev–Trinajstić information content (AvgIpc) is 3.51. The first kappa shape index (κ1) is 23.1. The number of nitrogens with zero attached hydrogens (tertiary/aromatic N) is 1. The molecule has 1 saturated carbocycles. The van der Waals surface area contributed by atoms with Crippen LogP contribution in [0, 0.1) is 5.92 Å². The molecule has 0 unspecified atom stereocenters. The number of amides is 3. The predicted octanol–water partition coefficient (Wildman–Crippen LogP) is 3.75. The van der Waals surface area contributed by atoms with E-state index in [0.29, 0.717) is 12.5 Å². The molecule has 2 N–H and O–H groups in total. The lowest BCUT2D eigenvalue weighted by Gasteiger charge is -2.32. The SMILES string of the molecule is CC(C)CCN(C(=O)CNC(=O)c1ccco1)[C@H](C(=O)NC1CCCC1)c1cccs1. The van der Waals surface area contributed by atoms with Crippen molar-refractivity contribution in [2.75, 3.05) is 13.1 Å². The van der Waals surface area contributed by atoms with Gasteiger partial charge in [0, 0.05) is 17.5 Å². The molecule has 0 aliphatic heterocycles. The van der Waals surface area contributed by atoms with E-state index in [1.807, 2.05) is 17.5 Å². The van der Waals surface area contributed by atoms with Crippen LogP contribution in [0.1, 0.15) is 67.4 Å². The van der Waals surface area contributed by atoms with E-state index in [0.717, 1.165) is 37.0 Å². The van der Waals surface area contributed by atoms with Crippen molar-refractivity contribution in [2.24, 2.45) is 5.92 Å². The van der Waals surface area contributed by atoms with Crippen LogP contribution in [-0.4, -0.2) is 41.8 Å². The van der Waals surface area contributed by atoms with Gasteiger partial charge < -0.3 is 20.0 Å². The molecule has 0 spiro atoms. The van der Waals surface area contributed by atoms with Gasteiger partial charge in [-0.05, 0) is 48.8 Å². The number of hydrogen-bond acceptors (Lipinski definition) is 5. The molecule has 2 aromatic heterocycles. The first-order valence-electron chi connectivity index (χ1n) is 10.9. The zero-order valence-corrected chi connectivity index (χ0v) is 19.0. The fourth-order valence-electron chi connectivity index (χ4n) is 3.77. The Morgan fingerprint density at radius 2 is 1.97 bits per heavy atom. The second kappa shape index (κ2) is 11.1. The van der Waals surface area contributed by atoms with Crippen molar-refractivity contribution >= 4 is 29.1 Å². The Labute approximate surface area is 187 Å². The average molecular weight is 446 g/mol. The maximum atomic E-state index is 13.3. The summed E-state index contributed by atoms with van der Waals surface area (Å²) in [7, 11) is 0. The summed E-state index contributed by atoms with van der Waals surface area (Å²) < 4.78 is 5.09. The lowest BCUT2D eigenvalue weighted by atomic mass is 10.1. The Hall–Kier alpha value is -2.61. The Bertz CT molecular complexity index is 842. The number of carbonyl (C=O) groups excluding carboxylic acids is 3. The van der Waals surface area contributed by atoms with E-state index in [2.05, 4.69) is 24.5 Å². The molecule has 31 heavy (non-hydrogen) atoms. The van der Waals surface area contributed by atoms with Gasteiger partial charge >= 0.3 is 0 Å². The highest BCUT2D eigenvalue weighted by molar-refractivity contribution is 7.10. The van der Waals surface area contributed by atoms with Crippen LogP contribution in [0.3, 0.4) is 0 Å². The van der Waals surface area contributed by atoms with E-state index >= 15 is 0 Å². The number of rotatable bonds is 10. The lowest BCUT2D eigenvalue weighted by Crippen LogP contribution is -2.49. The number of carbonyl (C=O) groups is 3. The lowest BCUT2D eigenvalue weighted by molar-refractivity contribution is -0.140. The van der Waals surface area contributed by atoms with Gasteiger partial charge in [-0.15, -0.1) is 11.3 Å². The minimum atomic E-state index is -0.702. The van der Waals surface area contributed by atoms with Crippen LogP contribution in [0.5, 0.6) is 0 Å². The molecule has 168 valence electrons. The first-order valence-corrected chi connectivity index (χ1v) is 11.8. The van der Waals surface area contributed by atoms with Crippen LogP contribution in [0.4, 0.5) is 0 Å². The normalized spacial score (nSPS) is 15.1. The zero-order valence-electron chi connectivity index (χ0n) is 18.1. The summed E-state index contributed by atoms with van der Waals surface area (Å²) in [6.45, 7) is 4.41. The first-order chi connectivity index (χ1) is 15.0. The van der Waals surface area contributed by atoms with Crippen molar-refractivity contribution < 1.29 is 18.8 Å². The van der Waals surface area contributed by atoms with Crippen LogP contribution >= 0.6 is 11.3 Å². The molecular formula is C23H31N3O4S. The number of nitrogens with one attached hydrogen (secondary N) is 2. The topological polar surface area (TPSA) is 91.7 Å². The molecule has 1 fully saturated rings. The van der Waals surface area contributed by atoms with Crippen molar-refractivity contribution in [3.05, 3.63) is 46.5 Å². The van der Waals surface area contributed by atoms with Crippen molar-refractivity contribution in [2.45, 2.75) is 58.0 Å². The van der Waals surface area contributed by atoms with Crippen LogP contribution in [-0.2, 0) is 9.59 Å². The quantitative estimate of drug-likeness (QED) is 0.583. The summed E-state index contributed by atoms with van der Waals surface area (Å²) in [6, 6.07) is 6.40. The standard InChI is InChI=1S/C23H31N3O4S/c1-16(2)11-12-26(20(27)15-24-22(28)18-9-5-13-30-18)21(19-10-6-14-31-19)23(29)25-17-7-3-4-8-17/h5-6,9-10,13-14,16-17,21H,3-4,7-8,11-12,15H2,1-2H3,(H,24,28)(H,25,29)/t21-/m0/s1. The Morgan fingerprint density at radius 3 is 2.58 bits per heavy atom. The largest absolute Gasteiger partial charge is 0.459 e. The van der Waals surface area contributed by atoms with Crippen molar-refractivity contribution in [1.82, 2.24) is 15.5 Å². The molecule has 3 rings (SSSR count). The Morgan fingerprint density at radius 1 is 1.19 bits per heavy atom. The van der Waals surface area contributed by atoms with E-state index in [4.69, 9.17) is 4.42 Å². The van der Waals surface area contributed by atoms with E-state index in [1.54, 1.807) is 17.0 Å². The molecule has 7 nitrogen and oxygen atoms in total. The van der Waals surface area contributed by atoms with Gasteiger partial charge in [-0.2, -0.15) is 0 Å². The fraction of sp³-hybridized carbons (Fsp3) is 0.522. The minimum absolute atomic E-state index is 0.148. The van der Waals surface area contributed by atoms with E-state index in [1.165, 1.54) is 17.6 Å².